The third-order valence-electron chi connectivity index (χ3n) is 8.72. The molecule has 9 aromatic rings. The van der Waals surface area contributed by atoms with Crippen LogP contribution in [0, 0.1) is 0 Å². The maximum absolute atomic E-state index is 6.72. The van der Waals surface area contributed by atoms with Crippen LogP contribution in [0.4, 0.5) is 0 Å². The number of benzene rings is 7. The van der Waals surface area contributed by atoms with E-state index in [1.165, 1.54) is 16.3 Å². The maximum Gasteiger partial charge on any atom is 0.164 e. The van der Waals surface area contributed by atoms with Gasteiger partial charge in [0.1, 0.15) is 11.2 Å². The normalized spacial score (nSPS) is 11.4. The van der Waals surface area contributed by atoms with Crippen molar-refractivity contribution in [3.63, 3.8) is 0 Å². The molecule has 0 aliphatic heterocycles. The van der Waals surface area contributed by atoms with E-state index in [0.29, 0.717) is 17.5 Å². The first-order chi connectivity index (χ1) is 23.3. The molecule has 0 amide bonds. The fourth-order valence-corrected chi connectivity index (χ4v) is 6.40. The zero-order valence-electron chi connectivity index (χ0n) is 25.3. The quantitative estimate of drug-likeness (QED) is 0.197. The van der Waals surface area contributed by atoms with Crippen molar-refractivity contribution in [2.24, 2.45) is 0 Å². The van der Waals surface area contributed by atoms with Gasteiger partial charge in [-0.3, -0.25) is 0 Å². The summed E-state index contributed by atoms with van der Waals surface area (Å²) in [7, 11) is 0. The van der Waals surface area contributed by atoms with Gasteiger partial charge in [0, 0.05) is 33.0 Å². The molecular formula is C43H27N3O. The van der Waals surface area contributed by atoms with E-state index < -0.39 is 0 Å². The van der Waals surface area contributed by atoms with Gasteiger partial charge in [0.2, 0.25) is 0 Å². The summed E-state index contributed by atoms with van der Waals surface area (Å²) in [5.74, 6) is 1.84. The van der Waals surface area contributed by atoms with Gasteiger partial charge in [-0.15, -0.1) is 0 Å². The van der Waals surface area contributed by atoms with E-state index in [2.05, 4.69) is 121 Å². The van der Waals surface area contributed by atoms with Crippen LogP contribution in [0.25, 0.3) is 89.1 Å². The fourth-order valence-electron chi connectivity index (χ4n) is 6.40. The molecule has 4 nitrogen and oxygen atoms in total. The third-order valence-corrected chi connectivity index (χ3v) is 8.72. The van der Waals surface area contributed by atoms with Gasteiger partial charge in [0.05, 0.1) is 0 Å². The van der Waals surface area contributed by atoms with Crippen LogP contribution >= 0.6 is 0 Å². The van der Waals surface area contributed by atoms with Crippen LogP contribution in [0.15, 0.2) is 168 Å². The largest absolute Gasteiger partial charge is 0.455 e. The van der Waals surface area contributed by atoms with Gasteiger partial charge < -0.3 is 4.42 Å². The zero-order valence-corrected chi connectivity index (χ0v) is 25.3. The van der Waals surface area contributed by atoms with Crippen molar-refractivity contribution in [2.45, 2.75) is 0 Å². The van der Waals surface area contributed by atoms with Crippen molar-refractivity contribution >= 4 is 32.7 Å². The Morgan fingerprint density at radius 2 is 0.830 bits per heavy atom. The van der Waals surface area contributed by atoms with E-state index >= 15 is 0 Å². The van der Waals surface area contributed by atoms with Crippen LogP contribution in [-0.2, 0) is 0 Å². The van der Waals surface area contributed by atoms with Gasteiger partial charge in [0.15, 0.2) is 17.5 Å². The molecule has 0 unspecified atom stereocenters. The molecule has 0 fully saturated rings. The molecule has 220 valence electrons. The van der Waals surface area contributed by atoms with E-state index in [9.17, 15) is 0 Å². The monoisotopic (exact) mass is 601 g/mol. The molecule has 7 aromatic carbocycles. The molecule has 2 aromatic heterocycles. The highest BCUT2D eigenvalue weighted by molar-refractivity contribution is 6.18. The summed E-state index contributed by atoms with van der Waals surface area (Å²) < 4.78 is 6.72. The third kappa shape index (κ3) is 4.84. The smallest absolute Gasteiger partial charge is 0.164 e. The zero-order chi connectivity index (χ0) is 31.2. The Balaban J connectivity index is 1.21. The van der Waals surface area contributed by atoms with Crippen molar-refractivity contribution in [1.82, 2.24) is 15.0 Å². The number of hydrogen-bond acceptors (Lipinski definition) is 4. The van der Waals surface area contributed by atoms with Gasteiger partial charge >= 0.3 is 0 Å². The molecule has 4 heteroatoms. The van der Waals surface area contributed by atoms with Gasteiger partial charge in [-0.2, -0.15) is 0 Å². The second-order valence-corrected chi connectivity index (χ2v) is 11.6. The lowest BCUT2D eigenvalue weighted by Gasteiger charge is -2.09. The highest BCUT2D eigenvalue weighted by atomic mass is 16.3. The molecule has 0 spiro atoms. The first-order valence-corrected chi connectivity index (χ1v) is 15.7. The Labute approximate surface area is 271 Å². The van der Waals surface area contributed by atoms with E-state index in [1.807, 2.05) is 42.5 Å². The van der Waals surface area contributed by atoms with Crippen LogP contribution in [0.3, 0.4) is 0 Å². The summed E-state index contributed by atoms with van der Waals surface area (Å²) in [5.41, 5.74) is 8.93. The lowest BCUT2D eigenvalue weighted by molar-refractivity contribution is 0.670. The summed E-state index contributed by atoms with van der Waals surface area (Å²) in [6.45, 7) is 0. The minimum absolute atomic E-state index is 0.594. The lowest BCUT2D eigenvalue weighted by Crippen LogP contribution is -2.00. The Morgan fingerprint density at radius 3 is 1.51 bits per heavy atom. The van der Waals surface area contributed by atoms with Crippen LogP contribution in [0.5, 0.6) is 0 Å². The second-order valence-electron chi connectivity index (χ2n) is 11.6. The summed E-state index contributed by atoms with van der Waals surface area (Å²) >= 11 is 0. The van der Waals surface area contributed by atoms with Crippen LogP contribution in [0.1, 0.15) is 0 Å². The molecule has 2 heterocycles. The Bertz CT molecular complexity index is 2540. The molecule has 9 rings (SSSR count). The maximum atomic E-state index is 6.72. The number of hydrogen-bond donors (Lipinski definition) is 0. The van der Waals surface area contributed by atoms with Crippen LogP contribution in [-0.4, -0.2) is 15.0 Å². The number of rotatable bonds is 5. The predicted octanol–water partition coefficient (Wildman–Crippen LogP) is 11.3. The molecule has 0 bridgehead atoms. The molecule has 0 N–H and O–H groups in total. The number of aromatic nitrogens is 3. The van der Waals surface area contributed by atoms with E-state index in [1.54, 1.807) is 0 Å². The molecule has 0 radical (unpaired) electrons. The van der Waals surface area contributed by atoms with Crippen molar-refractivity contribution in [3.05, 3.63) is 164 Å². The van der Waals surface area contributed by atoms with Crippen molar-refractivity contribution < 1.29 is 4.42 Å². The fraction of sp³-hybridized carbons (Fsp3) is 0. The highest BCUT2D eigenvalue weighted by Crippen LogP contribution is 2.42. The standard InChI is InChI=1S/C43H27N3O/c1-4-12-28(13-5-1)29-20-22-32(23-21-29)42-44-41(31-16-8-3-9-17-31)45-43(46-42)34-24-25-36-37-26-33-18-10-11-19-35(33)39(30-14-6-2-7-15-30)40(37)47-38(36)27-34/h1-27H. The second kappa shape index (κ2) is 11.2. The van der Waals surface area contributed by atoms with Gasteiger partial charge in [-0.25, -0.2) is 15.0 Å². The van der Waals surface area contributed by atoms with E-state index in [0.717, 1.165) is 55.3 Å². The Hall–Kier alpha value is -6.39. The first-order valence-electron chi connectivity index (χ1n) is 15.7. The van der Waals surface area contributed by atoms with Crippen LogP contribution < -0.4 is 0 Å². The summed E-state index contributed by atoms with van der Waals surface area (Å²) in [4.78, 5) is 14.9. The summed E-state index contributed by atoms with van der Waals surface area (Å²) in [5, 5.41) is 4.49. The molecule has 0 saturated carbocycles. The van der Waals surface area contributed by atoms with Crippen LogP contribution in [0.2, 0.25) is 0 Å². The van der Waals surface area contributed by atoms with Crippen molar-refractivity contribution in [1.29, 1.82) is 0 Å². The average molecular weight is 602 g/mol. The first kappa shape index (κ1) is 27.0. The molecule has 47 heavy (non-hydrogen) atoms. The molecule has 0 atom stereocenters. The van der Waals surface area contributed by atoms with Gasteiger partial charge in [-0.05, 0) is 45.7 Å². The van der Waals surface area contributed by atoms with E-state index in [-0.39, 0.29) is 0 Å². The number of nitrogens with zero attached hydrogens (tertiary/aromatic N) is 3. The average Bonchev–Trinajstić information content (AvgIpc) is 3.52. The Kier molecular flexibility index (Phi) is 6.43. The summed E-state index contributed by atoms with van der Waals surface area (Å²) in [6, 6.07) is 56.3. The molecular weight excluding hydrogens is 574 g/mol. The van der Waals surface area contributed by atoms with E-state index in [4.69, 9.17) is 19.4 Å². The minimum atomic E-state index is 0.594. The number of furan rings is 1. The SMILES string of the molecule is c1ccc(-c2ccc(-c3nc(-c4ccccc4)nc(-c4ccc5c(c4)oc4c(-c6ccccc6)c6ccccc6cc45)n3)cc2)cc1. The minimum Gasteiger partial charge on any atom is -0.455 e. The molecule has 0 aliphatic rings. The summed E-state index contributed by atoms with van der Waals surface area (Å²) in [6.07, 6.45) is 0. The molecule has 0 aliphatic carbocycles. The van der Waals surface area contributed by atoms with Gasteiger partial charge in [-0.1, -0.05) is 146 Å². The molecule has 0 saturated heterocycles. The van der Waals surface area contributed by atoms with Crippen molar-refractivity contribution in [2.75, 3.05) is 0 Å². The topological polar surface area (TPSA) is 51.8 Å². The lowest BCUT2D eigenvalue weighted by atomic mass is 9.95. The predicted molar refractivity (Wildman–Crippen MR) is 192 cm³/mol. The highest BCUT2D eigenvalue weighted by Gasteiger charge is 2.18. The number of fused-ring (bicyclic) bond motifs is 4. The van der Waals surface area contributed by atoms with Gasteiger partial charge in [0.25, 0.3) is 0 Å². The Morgan fingerprint density at radius 1 is 0.340 bits per heavy atom. The van der Waals surface area contributed by atoms with Crippen molar-refractivity contribution in [3.8, 4) is 56.4 Å².